The monoisotopic (exact) mass is 355 g/mol. The van der Waals surface area contributed by atoms with Gasteiger partial charge in [0.15, 0.2) is 6.61 Å². The fourth-order valence-corrected chi connectivity index (χ4v) is 1.86. The third kappa shape index (κ3) is 6.37. The molecule has 0 atom stereocenters. The smallest absolute Gasteiger partial charge is 0.276 e. The molecule has 0 radical (unpaired) electrons. The van der Waals surface area contributed by atoms with Crippen LogP contribution in [0.2, 0.25) is 5.02 Å². The first kappa shape index (κ1) is 18.0. The summed E-state index contributed by atoms with van der Waals surface area (Å²) in [5, 5.41) is 9.30. The summed E-state index contributed by atoms with van der Waals surface area (Å²) >= 11 is 5.77. The number of nitrogens with zero attached hydrogens (tertiary/aromatic N) is 1. The zero-order valence-electron chi connectivity index (χ0n) is 13.0. The van der Waals surface area contributed by atoms with Crippen molar-refractivity contribution in [2.45, 2.75) is 0 Å². The number of nitrogens with one attached hydrogen (secondary N) is 2. The van der Waals surface area contributed by atoms with E-state index in [0.29, 0.717) is 16.3 Å². The van der Waals surface area contributed by atoms with Crippen LogP contribution in [0, 0.1) is 11.3 Å². The van der Waals surface area contributed by atoms with Crippen molar-refractivity contribution in [3.63, 3.8) is 0 Å². The Labute approximate surface area is 149 Å². The van der Waals surface area contributed by atoms with E-state index < -0.39 is 11.8 Å². The standard InChI is InChI=1S/C18H14ClN3O3/c19-15-6-1-13(2-7-15)5-10-17(23)21-22-18(24)12-25-16-8-3-14(11-20)4-9-16/h1-10H,12H2,(H,21,23)(H,22,24)/b10-5+. The van der Waals surface area contributed by atoms with Gasteiger partial charge in [-0.15, -0.1) is 0 Å². The molecule has 7 heteroatoms. The van der Waals surface area contributed by atoms with Crippen molar-refractivity contribution in [1.29, 1.82) is 5.26 Å². The highest BCUT2D eigenvalue weighted by Gasteiger charge is 2.04. The molecule has 6 nitrogen and oxygen atoms in total. The summed E-state index contributed by atoms with van der Waals surface area (Å²) in [7, 11) is 0. The van der Waals surface area contributed by atoms with Crippen molar-refractivity contribution in [3.8, 4) is 11.8 Å². The van der Waals surface area contributed by atoms with E-state index in [1.54, 1.807) is 54.6 Å². The number of amides is 2. The van der Waals surface area contributed by atoms with Gasteiger partial charge in [-0.2, -0.15) is 5.26 Å². The zero-order valence-corrected chi connectivity index (χ0v) is 13.8. The lowest BCUT2D eigenvalue weighted by Gasteiger charge is -2.07. The second-order valence-electron chi connectivity index (χ2n) is 4.85. The lowest BCUT2D eigenvalue weighted by molar-refractivity contribution is -0.128. The van der Waals surface area contributed by atoms with Crippen LogP contribution in [0.3, 0.4) is 0 Å². The van der Waals surface area contributed by atoms with Gasteiger partial charge in [0.25, 0.3) is 11.8 Å². The van der Waals surface area contributed by atoms with Crippen LogP contribution in [0.5, 0.6) is 5.75 Å². The summed E-state index contributed by atoms with van der Waals surface area (Å²) in [5.41, 5.74) is 5.77. The number of rotatable bonds is 5. The van der Waals surface area contributed by atoms with Gasteiger partial charge in [-0.25, -0.2) is 0 Å². The second-order valence-corrected chi connectivity index (χ2v) is 5.28. The Hall–Kier alpha value is -3.30. The van der Waals surface area contributed by atoms with Crippen molar-refractivity contribution in [2.24, 2.45) is 0 Å². The van der Waals surface area contributed by atoms with Crippen molar-refractivity contribution in [2.75, 3.05) is 6.61 Å². The minimum absolute atomic E-state index is 0.271. The first-order chi connectivity index (χ1) is 12.1. The van der Waals surface area contributed by atoms with Gasteiger partial charge in [0.1, 0.15) is 5.75 Å². The van der Waals surface area contributed by atoms with Crippen molar-refractivity contribution < 1.29 is 14.3 Å². The zero-order chi connectivity index (χ0) is 18.1. The minimum atomic E-state index is -0.516. The van der Waals surface area contributed by atoms with Gasteiger partial charge >= 0.3 is 0 Å². The van der Waals surface area contributed by atoms with Gasteiger partial charge in [-0.05, 0) is 48.0 Å². The van der Waals surface area contributed by atoms with Gasteiger partial charge < -0.3 is 4.74 Å². The largest absolute Gasteiger partial charge is 0.484 e. The Kier molecular flexibility index (Phi) is 6.57. The maximum atomic E-state index is 11.6. The van der Waals surface area contributed by atoms with E-state index in [4.69, 9.17) is 21.6 Å². The number of halogens is 1. The average Bonchev–Trinajstić information content (AvgIpc) is 2.64. The summed E-state index contributed by atoms with van der Waals surface area (Å²) < 4.78 is 5.24. The van der Waals surface area contributed by atoms with Crippen LogP contribution in [0.1, 0.15) is 11.1 Å². The molecule has 0 spiro atoms. The first-order valence-corrected chi connectivity index (χ1v) is 7.60. The summed E-state index contributed by atoms with van der Waals surface area (Å²) in [6, 6.07) is 15.2. The van der Waals surface area contributed by atoms with E-state index in [1.165, 1.54) is 6.08 Å². The summed E-state index contributed by atoms with van der Waals surface area (Å²) in [5.74, 6) is -0.553. The highest BCUT2D eigenvalue weighted by Crippen LogP contribution is 2.11. The van der Waals surface area contributed by atoms with Gasteiger partial charge in [-0.3, -0.25) is 20.4 Å². The normalized spacial score (nSPS) is 10.1. The molecule has 25 heavy (non-hydrogen) atoms. The van der Waals surface area contributed by atoms with Crippen molar-refractivity contribution in [3.05, 3.63) is 70.8 Å². The van der Waals surface area contributed by atoms with E-state index in [9.17, 15) is 9.59 Å². The second kappa shape index (κ2) is 9.11. The Morgan fingerprint density at radius 1 is 1.08 bits per heavy atom. The van der Waals surface area contributed by atoms with Gasteiger partial charge in [-0.1, -0.05) is 23.7 Å². The molecule has 126 valence electrons. The number of benzene rings is 2. The molecule has 0 aliphatic carbocycles. The SMILES string of the molecule is N#Cc1ccc(OCC(=O)NNC(=O)/C=C/c2ccc(Cl)cc2)cc1. The first-order valence-electron chi connectivity index (χ1n) is 7.22. The molecule has 0 aromatic heterocycles. The summed E-state index contributed by atoms with van der Waals surface area (Å²) in [6.07, 6.45) is 2.87. The molecule has 2 aromatic rings. The van der Waals surface area contributed by atoms with Gasteiger partial charge in [0.05, 0.1) is 11.6 Å². The van der Waals surface area contributed by atoms with E-state index in [1.807, 2.05) is 6.07 Å². The number of hydrazine groups is 1. The number of nitriles is 1. The average molecular weight is 356 g/mol. The molecule has 2 amide bonds. The predicted molar refractivity (Wildman–Crippen MR) is 93.4 cm³/mol. The third-order valence-corrected chi connectivity index (χ3v) is 3.23. The third-order valence-electron chi connectivity index (χ3n) is 2.98. The van der Waals surface area contributed by atoms with E-state index in [-0.39, 0.29) is 6.61 Å². The number of carbonyl (C=O) groups excluding carboxylic acids is 2. The Balaban J connectivity index is 1.72. The molecule has 0 saturated carbocycles. The van der Waals surface area contributed by atoms with Crippen LogP contribution in [0.25, 0.3) is 6.08 Å². The quantitative estimate of drug-likeness (QED) is 0.636. The fraction of sp³-hybridized carbons (Fsp3) is 0.0556. The summed E-state index contributed by atoms with van der Waals surface area (Å²) in [6.45, 7) is -0.271. The Bertz CT molecular complexity index is 809. The molecule has 0 fully saturated rings. The van der Waals surface area contributed by atoms with E-state index >= 15 is 0 Å². The molecule has 0 saturated heterocycles. The maximum absolute atomic E-state index is 11.6. The van der Waals surface area contributed by atoms with Crippen LogP contribution in [0.15, 0.2) is 54.6 Å². The molecule has 0 bridgehead atoms. The lowest BCUT2D eigenvalue weighted by Crippen LogP contribution is -2.43. The number of carbonyl (C=O) groups is 2. The van der Waals surface area contributed by atoms with Crippen molar-refractivity contribution in [1.82, 2.24) is 10.9 Å². The number of hydrogen-bond acceptors (Lipinski definition) is 4. The molecule has 2 rings (SSSR count). The number of hydrogen-bond donors (Lipinski definition) is 2. The van der Waals surface area contributed by atoms with Crippen LogP contribution >= 0.6 is 11.6 Å². The van der Waals surface area contributed by atoms with Gasteiger partial charge in [0.2, 0.25) is 0 Å². The molecule has 2 aromatic carbocycles. The van der Waals surface area contributed by atoms with Crippen LogP contribution in [0.4, 0.5) is 0 Å². The topological polar surface area (TPSA) is 91.2 Å². The lowest BCUT2D eigenvalue weighted by atomic mass is 10.2. The molecule has 0 unspecified atom stereocenters. The number of ether oxygens (including phenoxy) is 1. The van der Waals surface area contributed by atoms with Crippen LogP contribution in [-0.4, -0.2) is 18.4 Å². The molecule has 0 aliphatic heterocycles. The predicted octanol–water partition coefficient (Wildman–Crippen LogP) is 2.45. The highest BCUT2D eigenvalue weighted by molar-refractivity contribution is 6.30. The fourth-order valence-electron chi connectivity index (χ4n) is 1.73. The molecular formula is C18H14ClN3O3. The molecule has 0 aliphatic rings. The molecule has 2 N–H and O–H groups in total. The van der Waals surface area contributed by atoms with E-state index in [0.717, 1.165) is 5.56 Å². The Morgan fingerprint density at radius 3 is 2.40 bits per heavy atom. The van der Waals surface area contributed by atoms with Gasteiger partial charge in [0, 0.05) is 11.1 Å². The van der Waals surface area contributed by atoms with Crippen LogP contribution in [-0.2, 0) is 9.59 Å². The maximum Gasteiger partial charge on any atom is 0.276 e. The van der Waals surface area contributed by atoms with Crippen molar-refractivity contribution >= 4 is 29.5 Å². The Morgan fingerprint density at radius 2 is 1.76 bits per heavy atom. The van der Waals surface area contributed by atoms with Crippen LogP contribution < -0.4 is 15.6 Å². The minimum Gasteiger partial charge on any atom is -0.484 e. The molecule has 0 heterocycles. The highest BCUT2D eigenvalue weighted by atomic mass is 35.5. The molecular weight excluding hydrogens is 342 g/mol. The van der Waals surface area contributed by atoms with E-state index in [2.05, 4.69) is 10.9 Å². The summed E-state index contributed by atoms with van der Waals surface area (Å²) in [4.78, 5) is 23.2.